The van der Waals surface area contributed by atoms with Crippen LogP contribution in [0.25, 0.3) is 0 Å². The molecule has 2 rings (SSSR count). The van der Waals surface area contributed by atoms with Crippen LogP contribution in [0.1, 0.15) is 17.0 Å². The molecule has 0 aliphatic heterocycles. The first-order chi connectivity index (χ1) is 9.63. The van der Waals surface area contributed by atoms with E-state index in [4.69, 9.17) is 4.74 Å². The largest absolute Gasteiger partial charge is 0.468 e. The first kappa shape index (κ1) is 13.7. The molecule has 0 spiro atoms. The second kappa shape index (κ2) is 5.97. The number of nitro groups is 1. The molecule has 1 unspecified atom stereocenters. The average molecular weight is 271 g/mol. The Hall–Kier alpha value is -2.69. The van der Waals surface area contributed by atoms with Gasteiger partial charge in [0.25, 0.3) is 5.69 Å². The van der Waals surface area contributed by atoms with Gasteiger partial charge in [-0.1, -0.05) is 42.5 Å². The van der Waals surface area contributed by atoms with Crippen molar-refractivity contribution in [1.82, 2.24) is 0 Å². The fourth-order valence-corrected chi connectivity index (χ4v) is 2.05. The van der Waals surface area contributed by atoms with E-state index in [0.717, 1.165) is 5.56 Å². The van der Waals surface area contributed by atoms with E-state index in [0.29, 0.717) is 5.56 Å². The predicted molar refractivity (Wildman–Crippen MR) is 73.4 cm³/mol. The van der Waals surface area contributed by atoms with Crippen molar-refractivity contribution in [2.75, 3.05) is 7.11 Å². The summed E-state index contributed by atoms with van der Waals surface area (Å²) in [6, 6.07) is 15.1. The maximum atomic E-state index is 12.0. The van der Waals surface area contributed by atoms with Crippen molar-refractivity contribution in [3.8, 4) is 0 Å². The smallest absolute Gasteiger partial charge is 0.317 e. The second-order valence-corrected chi connectivity index (χ2v) is 4.22. The van der Waals surface area contributed by atoms with E-state index in [1.807, 2.05) is 18.2 Å². The third-order valence-electron chi connectivity index (χ3n) is 2.98. The highest BCUT2D eigenvalue weighted by molar-refractivity contribution is 5.82. The third kappa shape index (κ3) is 2.83. The number of carbonyl (C=O) groups excluding carboxylic acids is 1. The Morgan fingerprint density at radius 3 is 2.35 bits per heavy atom. The van der Waals surface area contributed by atoms with Gasteiger partial charge >= 0.3 is 5.97 Å². The molecule has 0 amide bonds. The molecule has 0 aliphatic carbocycles. The van der Waals surface area contributed by atoms with Crippen molar-refractivity contribution in [2.24, 2.45) is 0 Å². The maximum Gasteiger partial charge on any atom is 0.317 e. The molecule has 0 radical (unpaired) electrons. The summed E-state index contributed by atoms with van der Waals surface area (Å²) in [4.78, 5) is 22.4. The van der Waals surface area contributed by atoms with Gasteiger partial charge in [0.1, 0.15) is 5.92 Å². The average Bonchev–Trinajstić information content (AvgIpc) is 2.48. The lowest BCUT2D eigenvalue weighted by molar-refractivity contribution is -0.384. The van der Waals surface area contributed by atoms with Crippen molar-refractivity contribution >= 4 is 11.7 Å². The molecule has 20 heavy (non-hydrogen) atoms. The number of benzene rings is 2. The van der Waals surface area contributed by atoms with E-state index in [9.17, 15) is 14.9 Å². The molecule has 0 fully saturated rings. The molecule has 0 bridgehead atoms. The number of non-ortho nitro benzene ring substituents is 1. The van der Waals surface area contributed by atoms with Gasteiger partial charge in [-0.3, -0.25) is 14.9 Å². The summed E-state index contributed by atoms with van der Waals surface area (Å²) in [7, 11) is 1.30. The first-order valence-electron chi connectivity index (χ1n) is 6.00. The Morgan fingerprint density at radius 1 is 1.10 bits per heavy atom. The van der Waals surface area contributed by atoms with Gasteiger partial charge in [0.15, 0.2) is 0 Å². The zero-order valence-corrected chi connectivity index (χ0v) is 10.9. The number of esters is 1. The Morgan fingerprint density at radius 2 is 1.75 bits per heavy atom. The van der Waals surface area contributed by atoms with E-state index in [-0.39, 0.29) is 5.69 Å². The Kier molecular flexibility index (Phi) is 4.10. The van der Waals surface area contributed by atoms with Crippen LogP contribution in [-0.2, 0) is 9.53 Å². The van der Waals surface area contributed by atoms with Crippen molar-refractivity contribution in [2.45, 2.75) is 5.92 Å². The van der Waals surface area contributed by atoms with Gasteiger partial charge in [0.2, 0.25) is 0 Å². The minimum Gasteiger partial charge on any atom is -0.468 e. The van der Waals surface area contributed by atoms with Crippen LogP contribution in [0.15, 0.2) is 54.6 Å². The Balaban J connectivity index is 2.50. The molecule has 2 aromatic rings. The number of hydrogen-bond donors (Lipinski definition) is 0. The van der Waals surface area contributed by atoms with Gasteiger partial charge in [0, 0.05) is 12.1 Å². The van der Waals surface area contributed by atoms with Crippen LogP contribution in [0, 0.1) is 10.1 Å². The van der Waals surface area contributed by atoms with Gasteiger partial charge in [0.05, 0.1) is 12.0 Å². The van der Waals surface area contributed by atoms with Crippen molar-refractivity contribution < 1.29 is 14.5 Å². The predicted octanol–water partition coefficient (Wildman–Crippen LogP) is 2.90. The van der Waals surface area contributed by atoms with Crippen LogP contribution in [-0.4, -0.2) is 18.0 Å². The van der Waals surface area contributed by atoms with Crippen molar-refractivity contribution in [1.29, 1.82) is 0 Å². The summed E-state index contributed by atoms with van der Waals surface area (Å²) < 4.78 is 4.81. The zero-order valence-electron chi connectivity index (χ0n) is 10.9. The molecule has 0 saturated heterocycles. The van der Waals surface area contributed by atoms with Crippen LogP contribution in [0.5, 0.6) is 0 Å². The molecule has 0 N–H and O–H groups in total. The number of ether oxygens (including phenoxy) is 1. The second-order valence-electron chi connectivity index (χ2n) is 4.22. The van der Waals surface area contributed by atoms with E-state index < -0.39 is 16.8 Å². The van der Waals surface area contributed by atoms with E-state index in [1.54, 1.807) is 24.3 Å². The molecular formula is C15H13NO4. The van der Waals surface area contributed by atoms with Gasteiger partial charge in [-0.15, -0.1) is 0 Å². The standard InChI is InChI=1S/C15H13NO4/c1-20-15(17)14(11-6-3-2-4-7-11)12-8-5-9-13(10-12)16(18)19/h2-10,14H,1H3. The highest BCUT2D eigenvalue weighted by Crippen LogP contribution is 2.28. The summed E-state index contributed by atoms with van der Waals surface area (Å²) in [5, 5.41) is 10.8. The molecule has 5 nitrogen and oxygen atoms in total. The summed E-state index contributed by atoms with van der Waals surface area (Å²) in [6.45, 7) is 0. The maximum absolute atomic E-state index is 12.0. The first-order valence-corrected chi connectivity index (χ1v) is 6.00. The van der Waals surface area contributed by atoms with Crippen LogP contribution in [0.3, 0.4) is 0 Å². The topological polar surface area (TPSA) is 69.4 Å². The number of methoxy groups -OCH3 is 1. The highest BCUT2D eigenvalue weighted by Gasteiger charge is 2.24. The molecule has 1 atom stereocenters. The monoisotopic (exact) mass is 271 g/mol. The lowest BCUT2D eigenvalue weighted by Crippen LogP contribution is -2.15. The van der Waals surface area contributed by atoms with Gasteiger partial charge < -0.3 is 4.74 Å². The fraction of sp³-hybridized carbons (Fsp3) is 0.133. The minimum atomic E-state index is -0.666. The van der Waals surface area contributed by atoms with Gasteiger partial charge in [-0.2, -0.15) is 0 Å². The van der Waals surface area contributed by atoms with Crippen LogP contribution in [0.2, 0.25) is 0 Å². The summed E-state index contributed by atoms with van der Waals surface area (Å²) >= 11 is 0. The van der Waals surface area contributed by atoms with E-state index in [2.05, 4.69) is 0 Å². The molecule has 5 heteroatoms. The molecule has 0 saturated carbocycles. The molecule has 0 aromatic heterocycles. The third-order valence-corrected chi connectivity index (χ3v) is 2.98. The van der Waals surface area contributed by atoms with E-state index in [1.165, 1.54) is 19.2 Å². The summed E-state index contributed by atoms with van der Waals surface area (Å²) in [6.07, 6.45) is 0. The fourth-order valence-electron chi connectivity index (χ4n) is 2.05. The quantitative estimate of drug-likeness (QED) is 0.487. The minimum absolute atomic E-state index is 0.0488. The number of carbonyl (C=O) groups is 1. The number of hydrogen-bond acceptors (Lipinski definition) is 4. The molecule has 2 aromatic carbocycles. The van der Waals surface area contributed by atoms with Crippen molar-refractivity contribution in [3.05, 3.63) is 75.8 Å². The van der Waals surface area contributed by atoms with Crippen LogP contribution >= 0.6 is 0 Å². The number of nitrogens with zero attached hydrogens (tertiary/aromatic N) is 1. The van der Waals surface area contributed by atoms with E-state index >= 15 is 0 Å². The molecule has 102 valence electrons. The van der Waals surface area contributed by atoms with Crippen LogP contribution in [0.4, 0.5) is 5.69 Å². The Bertz CT molecular complexity index is 625. The molecule has 0 aliphatic rings. The number of nitro benzene ring substituents is 1. The Labute approximate surface area is 116 Å². The zero-order chi connectivity index (χ0) is 14.5. The molecule has 0 heterocycles. The molecular weight excluding hydrogens is 258 g/mol. The summed E-state index contributed by atoms with van der Waals surface area (Å²) in [5.41, 5.74) is 1.23. The van der Waals surface area contributed by atoms with Gasteiger partial charge in [-0.25, -0.2) is 0 Å². The normalized spacial score (nSPS) is 11.7. The summed E-state index contributed by atoms with van der Waals surface area (Å²) in [5.74, 6) is -1.11. The number of rotatable bonds is 4. The highest BCUT2D eigenvalue weighted by atomic mass is 16.6. The van der Waals surface area contributed by atoms with Gasteiger partial charge in [-0.05, 0) is 11.1 Å². The lowest BCUT2D eigenvalue weighted by Gasteiger charge is -2.15. The van der Waals surface area contributed by atoms with Crippen LogP contribution < -0.4 is 0 Å². The SMILES string of the molecule is COC(=O)C(c1ccccc1)c1cccc([N+](=O)[O-])c1. The van der Waals surface area contributed by atoms with Crippen molar-refractivity contribution in [3.63, 3.8) is 0 Å². The lowest BCUT2D eigenvalue weighted by atomic mass is 9.91.